The fraction of sp³-hybridized carbons (Fsp3) is 0.294. The van der Waals surface area contributed by atoms with Crippen LogP contribution in [0.4, 0.5) is 0 Å². The smallest absolute Gasteiger partial charge is 0.137 e. The Morgan fingerprint density at radius 2 is 1.60 bits per heavy atom. The normalized spacial score (nSPS) is 12.4. The zero-order chi connectivity index (χ0) is 14.5. The summed E-state index contributed by atoms with van der Waals surface area (Å²) in [6, 6.07) is 15.6. The molecular formula is C17H20ClNO. The van der Waals surface area contributed by atoms with Gasteiger partial charge < -0.3 is 10.5 Å². The average molecular weight is 290 g/mol. The van der Waals surface area contributed by atoms with Gasteiger partial charge in [0.25, 0.3) is 0 Å². The van der Waals surface area contributed by atoms with Crippen molar-refractivity contribution in [3.8, 4) is 5.75 Å². The maximum atomic E-state index is 6.15. The van der Waals surface area contributed by atoms with Gasteiger partial charge in [0.1, 0.15) is 12.4 Å². The number of para-hydroxylation sites is 1. The molecule has 106 valence electrons. The molecule has 2 N–H and O–H groups in total. The highest BCUT2D eigenvalue weighted by Gasteiger charge is 2.09. The Hall–Kier alpha value is -1.51. The van der Waals surface area contributed by atoms with Crippen LogP contribution in [0.1, 0.15) is 36.9 Å². The van der Waals surface area contributed by atoms with E-state index in [1.807, 2.05) is 18.2 Å². The van der Waals surface area contributed by atoms with E-state index >= 15 is 0 Å². The minimum Gasteiger partial charge on any atom is -0.490 e. The van der Waals surface area contributed by atoms with Crippen LogP contribution >= 0.6 is 11.6 Å². The molecule has 20 heavy (non-hydrogen) atoms. The molecular weight excluding hydrogens is 270 g/mol. The first kappa shape index (κ1) is 14.9. The molecule has 0 spiro atoms. The van der Waals surface area contributed by atoms with Gasteiger partial charge in [-0.15, -0.1) is 0 Å². The van der Waals surface area contributed by atoms with E-state index in [9.17, 15) is 0 Å². The van der Waals surface area contributed by atoms with Gasteiger partial charge in [0.2, 0.25) is 0 Å². The van der Waals surface area contributed by atoms with E-state index in [1.54, 1.807) is 6.07 Å². The lowest BCUT2D eigenvalue weighted by Crippen LogP contribution is -2.19. The standard InChI is InChI=1S/C17H20ClNO/c1-12(2)13-7-9-14(10-8-13)16(19)11-20-17-6-4-3-5-15(17)18/h3-10,12,16H,11,19H2,1-2H3. The van der Waals surface area contributed by atoms with Gasteiger partial charge in [-0.25, -0.2) is 0 Å². The van der Waals surface area contributed by atoms with Crippen molar-refractivity contribution in [2.75, 3.05) is 6.61 Å². The third-order valence-electron chi connectivity index (χ3n) is 3.29. The fourth-order valence-electron chi connectivity index (χ4n) is 1.97. The Bertz CT molecular complexity index is 551. The lowest BCUT2D eigenvalue weighted by molar-refractivity contribution is 0.291. The van der Waals surface area contributed by atoms with Gasteiger partial charge in [-0.05, 0) is 29.2 Å². The number of halogens is 1. The summed E-state index contributed by atoms with van der Waals surface area (Å²) in [4.78, 5) is 0. The Kier molecular flexibility index (Phi) is 5.05. The lowest BCUT2D eigenvalue weighted by Gasteiger charge is -2.15. The maximum absolute atomic E-state index is 6.15. The molecule has 0 saturated carbocycles. The van der Waals surface area contributed by atoms with Crippen LogP contribution < -0.4 is 10.5 Å². The maximum Gasteiger partial charge on any atom is 0.137 e. The first-order valence-electron chi connectivity index (χ1n) is 6.80. The van der Waals surface area contributed by atoms with Crippen LogP contribution in [0.25, 0.3) is 0 Å². The van der Waals surface area contributed by atoms with Crippen molar-refractivity contribution >= 4 is 11.6 Å². The van der Waals surface area contributed by atoms with Crippen LogP contribution in [-0.4, -0.2) is 6.61 Å². The summed E-state index contributed by atoms with van der Waals surface area (Å²) in [5.41, 5.74) is 8.53. The number of hydrogen-bond acceptors (Lipinski definition) is 2. The van der Waals surface area contributed by atoms with E-state index in [0.29, 0.717) is 23.3 Å². The molecule has 2 aromatic rings. The molecule has 2 aromatic carbocycles. The highest BCUT2D eigenvalue weighted by molar-refractivity contribution is 6.32. The minimum atomic E-state index is -0.160. The molecule has 0 aliphatic carbocycles. The summed E-state index contributed by atoms with van der Waals surface area (Å²) >= 11 is 6.04. The number of hydrogen-bond donors (Lipinski definition) is 1. The van der Waals surface area contributed by atoms with Gasteiger partial charge in [-0.2, -0.15) is 0 Å². The SMILES string of the molecule is CC(C)c1ccc(C(N)COc2ccccc2Cl)cc1. The zero-order valence-electron chi connectivity index (χ0n) is 11.8. The van der Waals surface area contributed by atoms with Gasteiger partial charge >= 0.3 is 0 Å². The summed E-state index contributed by atoms with van der Waals surface area (Å²) in [5, 5.41) is 0.606. The number of rotatable bonds is 5. The van der Waals surface area contributed by atoms with E-state index in [-0.39, 0.29) is 6.04 Å². The second-order valence-electron chi connectivity index (χ2n) is 5.17. The predicted octanol–water partition coefficient (Wildman–Crippen LogP) is 4.54. The van der Waals surface area contributed by atoms with E-state index in [1.165, 1.54) is 5.56 Å². The van der Waals surface area contributed by atoms with E-state index in [0.717, 1.165) is 5.56 Å². The summed E-state index contributed by atoms with van der Waals surface area (Å²) in [7, 11) is 0. The molecule has 0 fully saturated rings. The molecule has 0 amide bonds. The van der Waals surface area contributed by atoms with Crippen molar-refractivity contribution in [1.29, 1.82) is 0 Å². The Labute approximate surface area is 125 Å². The average Bonchev–Trinajstić information content (AvgIpc) is 2.46. The molecule has 1 atom stereocenters. The largest absolute Gasteiger partial charge is 0.490 e. The first-order chi connectivity index (χ1) is 9.58. The highest BCUT2D eigenvalue weighted by atomic mass is 35.5. The van der Waals surface area contributed by atoms with Crippen molar-refractivity contribution in [3.05, 3.63) is 64.7 Å². The molecule has 0 aliphatic rings. The van der Waals surface area contributed by atoms with E-state index in [2.05, 4.69) is 38.1 Å². The van der Waals surface area contributed by atoms with E-state index in [4.69, 9.17) is 22.1 Å². The molecule has 0 radical (unpaired) electrons. The summed E-state index contributed by atoms with van der Waals surface area (Å²) < 4.78 is 5.67. The van der Waals surface area contributed by atoms with Crippen LogP contribution in [0.3, 0.4) is 0 Å². The molecule has 2 rings (SSSR count). The Morgan fingerprint density at radius 3 is 2.20 bits per heavy atom. The van der Waals surface area contributed by atoms with Crippen molar-refractivity contribution in [3.63, 3.8) is 0 Å². The van der Waals surface area contributed by atoms with Gasteiger partial charge in [-0.1, -0.05) is 61.8 Å². The fourth-order valence-corrected chi connectivity index (χ4v) is 2.16. The zero-order valence-corrected chi connectivity index (χ0v) is 12.6. The monoisotopic (exact) mass is 289 g/mol. The van der Waals surface area contributed by atoms with Gasteiger partial charge in [-0.3, -0.25) is 0 Å². The molecule has 0 saturated heterocycles. The third-order valence-corrected chi connectivity index (χ3v) is 3.60. The van der Waals surface area contributed by atoms with Crippen LogP contribution in [0, 0.1) is 0 Å². The quantitative estimate of drug-likeness (QED) is 0.877. The second kappa shape index (κ2) is 6.78. The first-order valence-corrected chi connectivity index (χ1v) is 7.18. The van der Waals surface area contributed by atoms with Crippen molar-refractivity contribution in [2.45, 2.75) is 25.8 Å². The number of ether oxygens (including phenoxy) is 1. The predicted molar refractivity (Wildman–Crippen MR) is 84.4 cm³/mol. The Morgan fingerprint density at radius 1 is 1.00 bits per heavy atom. The topological polar surface area (TPSA) is 35.2 Å². The highest BCUT2D eigenvalue weighted by Crippen LogP contribution is 2.24. The van der Waals surface area contributed by atoms with Crippen LogP contribution in [0.2, 0.25) is 5.02 Å². The van der Waals surface area contributed by atoms with Gasteiger partial charge in [0, 0.05) is 0 Å². The van der Waals surface area contributed by atoms with Crippen molar-refractivity contribution < 1.29 is 4.74 Å². The van der Waals surface area contributed by atoms with Gasteiger partial charge in [0.05, 0.1) is 11.1 Å². The minimum absolute atomic E-state index is 0.160. The lowest BCUT2D eigenvalue weighted by atomic mass is 10.00. The van der Waals surface area contributed by atoms with Crippen LogP contribution in [0.5, 0.6) is 5.75 Å². The molecule has 0 heterocycles. The molecule has 3 heteroatoms. The number of benzene rings is 2. The molecule has 0 bridgehead atoms. The van der Waals surface area contributed by atoms with E-state index < -0.39 is 0 Å². The van der Waals surface area contributed by atoms with Crippen LogP contribution in [0.15, 0.2) is 48.5 Å². The number of nitrogens with two attached hydrogens (primary N) is 1. The van der Waals surface area contributed by atoms with Crippen LogP contribution in [-0.2, 0) is 0 Å². The summed E-state index contributed by atoms with van der Waals surface area (Å²) in [6.45, 7) is 4.76. The second-order valence-corrected chi connectivity index (χ2v) is 5.58. The Balaban J connectivity index is 1.98. The molecule has 0 aliphatic heterocycles. The van der Waals surface area contributed by atoms with Gasteiger partial charge in [0.15, 0.2) is 0 Å². The summed E-state index contributed by atoms with van der Waals surface area (Å²) in [5.74, 6) is 1.20. The molecule has 2 nitrogen and oxygen atoms in total. The van der Waals surface area contributed by atoms with Crippen molar-refractivity contribution in [2.24, 2.45) is 5.73 Å². The van der Waals surface area contributed by atoms with Crippen molar-refractivity contribution in [1.82, 2.24) is 0 Å². The molecule has 1 unspecified atom stereocenters. The molecule has 0 aromatic heterocycles. The third kappa shape index (κ3) is 3.75. The summed E-state index contributed by atoms with van der Waals surface area (Å²) in [6.07, 6.45) is 0.